The Bertz CT molecular complexity index is 597. The number of oxazole rings is 1. The van der Waals surface area contributed by atoms with Gasteiger partial charge in [-0.15, -0.1) is 34.3 Å². The normalized spacial score (nSPS) is 11.4. The average Bonchev–Trinajstić information content (AvgIpc) is 3.00. The Kier molecular flexibility index (Phi) is 3.18. The van der Waals surface area contributed by atoms with Crippen molar-refractivity contribution in [3.05, 3.63) is 29.6 Å². The number of aromatic nitrogens is 1. The molecular weight excluding hydrogens is 274 g/mol. The molecule has 0 bridgehead atoms. The van der Waals surface area contributed by atoms with Gasteiger partial charge in [-0.05, 0) is 23.9 Å². The molecule has 3 aromatic heterocycles. The Morgan fingerprint density at radius 1 is 1.35 bits per heavy atom. The van der Waals surface area contributed by atoms with Crippen molar-refractivity contribution in [3.8, 4) is 10.6 Å². The van der Waals surface area contributed by atoms with E-state index in [0.717, 1.165) is 29.4 Å². The summed E-state index contributed by atoms with van der Waals surface area (Å²) in [4.78, 5) is 5.42. The van der Waals surface area contributed by atoms with Crippen molar-refractivity contribution in [2.24, 2.45) is 0 Å². The second-order valence-corrected chi connectivity index (χ2v) is 6.08. The van der Waals surface area contributed by atoms with Crippen LogP contribution in [0, 0.1) is 0 Å². The third kappa shape index (κ3) is 2.25. The van der Waals surface area contributed by atoms with Gasteiger partial charge in [0.15, 0.2) is 11.7 Å². The fourth-order valence-corrected chi connectivity index (χ4v) is 3.83. The van der Waals surface area contributed by atoms with Crippen LogP contribution in [0.1, 0.15) is 12.3 Å². The van der Waals surface area contributed by atoms with E-state index in [1.54, 1.807) is 28.9 Å². The zero-order chi connectivity index (χ0) is 11.7. The van der Waals surface area contributed by atoms with Crippen LogP contribution in [0.15, 0.2) is 28.1 Å². The minimum Gasteiger partial charge on any atom is -0.440 e. The van der Waals surface area contributed by atoms with E-state index >= 15 is 0 Å². The third-order valence-electron chi connectivity index (χ3n) is 2.46. The number of nitrogens with zero attached hydrogens (tertiary/aromatic N) is 1. The molecule has 0 saturated carbocycles. The number of halogens is 1. The van der Waals surface area contributed by atoms with Gasteiger partial charge in [-0.25, -0.2) is 4.98 Å². The largest absolute Gasteiger partial charge is 0.440 e. The maximum absolute atomic E-state index is 5.72. The summed E-state index contributed by atoms with van der Waals surface area (Å²) >= 11 is 9.15. The summed E-state index contributed by atoms with van der Waals surface area (Å²) in [7, 11) is 0. The van der Waals surface area contributed by atoms with Gasteiger partial charge in [0.25, 0.3) is 0 Å². The molecule has 0 radical (unpaired) electrons. The first-order valence-electron chi connectivity index (χ1n) is 5.35. The average molecular weight is 284 g/mol. The maximum atomic E-state index is 5.72. The summed E-state index contributed by atoms with van der Waals surface area (Å²) in [6, 6.07) is 4.30. The van der Waals surface area contributed by atoms with Gasteiger partial charge >= 0.3 is 0 Å². The lowest BCUT2D eigenvalue weighted by atomic mass is 10.3. The molecule has 0 N–H and O–H groups in total. The van der Waals surface area contributed by atoms with Gasteiger partial charge in [0, 0.05) is 21.7 Å². The predicted molar refractivity (Wildman–Crippen MR) is 74.2 cm³/mol. The van der Waals surface area contributed by atoms with Crippen LogP contribution in [0.25, 0.3) is 20.0 Å². The van der Waals surface area contributed by atoms with Crippen molar-refractivity contribution in [3.63, 3.8) is 0 Å². The molecule has 5 heteroatoms. The number of alkyl halides is 1. The van der Waals surface area contributed by atoms with Crippen LogP contribution in [0.3, 0.4) is 0 Å². The summed E-state index contributed by atoms with van der Waals surface area (Å²) in [5, 5.41) is 2.11. The lowest BCUT2D eigenvalue weighted by Gasteiger charge is -1.91. The molecular formula is C12H10ClNOS2. The zero-order valence-electron chi connectivity index (χ0n) is 8.98. The summed E-state index contributed by atoms with van der Waals surface area (Å²) in [5.74, 6) is 2.28. The molecule has 88 valence electrons. The van der Waals surface area contributed by atoms with Crippen LogP contribution in [-0.4, -0.2) is 10.9 Å². The SMILES string of the molecule is ClCCCc1ncc(-c2cc3sccc3s2)o1. The molecule has 0 amide bonds. The second kappa shape index (κ2) is 4.80. The van der Waals surface area contributed by atoms with Crippen LogP contribution >= 0.6 is 34.3 Å². The van der Waals surface area contributed by atoms with E-state index in [4.69, 9.17) is 16.0 Å². The Morgan fingerprint density at radius 3 is 3.12 bits per heavy atom. The van der Waals surface area contributed by atoms with Gasteiger partial charge in [0.1, 0.15) is 0 Å². The highest BCUT2D eigenvalue weighted by Crippen LogP contribution is 2.36. The number of aryl methyl sites for hydroxylation is 1. The molecule has 3 heterocycles. The molecule has 0 aliphatic rings. The number of fused-ring (bicyclic) bond motifs is 1. The molecule has 0 atom stereocenters. The lowest BCUT2D eigenvalue weighted by Crippen LogP contribution is -1.84. The molecule has 3 rings (SSSR count). The van der Waals surface area contributed by atoms with Gasteiger partial charge in [-0.3, -0.25) is 0 Å². The molecule has 0 aliphatic heterocycles. The fraction of sp³-hybridized carbons (Fsp3) is 0.250. The fourth-order valence-electron chi connectivity index (χ4n) is 1.65. The molecule has 2 nitrogen and oxygen atoms in total. The first-order valence-corrected chi connectivity index (χ1v) is 7.58. The van der Waals surface area contributed by atoms with Crippen molar-refractivity contribution in [1.82, 2.24) is 4.98 Å². The highest BCUT2D eigenvalue weighted by Gasteiger charge is 2.10. The summed E-state index contributed by atoms with van der Waals surface area (Å²) in [5.41, 5.74) is 0. The Hall–Kier alpha value is -0.840. The monoisotopic (exact) mass is 283 g/mol. The number of hydrogen-bond donors (Lipinski definition) is 0. The van der Waals surface area contributed by atoms with Crippen molar-refractivity contribution in [1.29, 1.82) is 0 Å². The van der Waals surface area contributed by atoms with Crippen molar-refractivity contribution in [2.45, 2.75) is 12.8 Å². The first-order chi connectivity index (χ1) is 8.36. The third-order valence-corrected chi connectivity index (χ3v) is 4.84. The van der Waals surface area contributed by atoms with Gasteiger partial charge in [0.2, 0.25) is 0 Å². The zero-order valence-corrected chi connectivity index (χ0v) is 11.4. The van der Waals surface area contributed by atoms with E-state index < -0.39 is 0 Å². The molecule has 0 spiro atoms. The summed E-state index contributed by atoms with van der Waals surface area (Å²) in [6.07, 6.45) is 3.52. The number of thiophene rings is 2. The van der Waals surface area contributed by atoms with E-state index in [1.807, 2.05) is 0 Å². The quantitative estimate of drug-likeness (QED) is 0.644. The number of hydrogen-bond acceptors (Lipinski definition) is 4. The minimum atomic E-state index is 0.645. The van der Waals surface area contributed by atoms with E-state index in [2.05, 4.69) is 22.5 Å². The molecule has 0 aromatic carbocycles. The molecule has 0 saturated heterocycles. The topological polar surface area (TPSA) is 26.0 Å². The summed E-state index contributed by atoms with van der Waals surface area (Å²) in [6.45, 7) is 0. The second-order valence-electron chi connectivity index (χ2n) is 3.67. The van der Waals surface area contributed by atoms with E-state index in [9.17, 15) is 0 Å². The van der Waals surface area contributed by atoms with E-state index in [0.29, 0.717) is 5.88 Å². The highest BCUT2D eigenvalue weighted by atomic mass is 35.5. The van der Waals surface area contributed by atoms with Crippen LogP contribution in [-0.2, 0) is 6.42 Å². The van der Waals surface area contributed by atoms with Crippen LogP contribution < -0.4 is 0 Å². The van der Waals surface area contributed by atoms with Crippen molar-refractivity contribution >= 4 is 43.7 Å². The lowest BCUT2D eigenvalue weighted by molar-refractivity contribution is 0.504. The molecule has 0 aliphatic carbocycles. The van der Waals surface area contributed by atoms with E-state index in [1.165, 1.54) is 9.40 Å². The molecule has 0 unspecified atom stereocenters. The first kappa shape index (κ1) is 11.3. The Balaban J connectivity index is 1.88. The van der Waals surface area contributed by atoms with Gasteiger partial charge in [0.05, 0.1) is 11.1 Å². The van der Waals surface area contributed by atoms with E-state index in [-0.39, 0.29) is 0 Å². The van der Waals surface area contributed by atoms with Crippen LogP contribution in [0.4, 0.5) is 0 Å². The molecule has 17 heavy (non-hydrogen) atoms. The van der Waals surface area contributed by atoms with Gasteiger partial charge in [-0.2, -0.15) is 0 Å². The Morgan fingerprint density at radius 2 is 2.29 bits per heavy atom. The maximum Gasteiger partial charge on any atom is 0.194 e. The van der Waals surface area contributed by atoms with Crippen LogP contribution in [0.5, 0.6) is 0 Å². The molecule has 0 fully saturated rings. The predicted octanol–water partition coefficient (Wildman–Crippen LogP) is 4.79. The van der Waals surface area contributed by atoms with Crippen LogP contribution in [0.2, 0.25) is 0 Å². The standard InChI is InChI=1S/C12H10ClNOS2/c13-4-1-2-12-14-7-8(15-12)10-6-11-9(17-10)3-5-16-11/h3,5-7H,1-2,4H2. The van der Waals surface area contributed by atoms with Gasteiger partial charge < -0.3 is 4.42 Å². The molecule has 3 aromatic rings. The summed E-state index contributed by atoms with van der Waals surface area (Å²) < 4.78 is 8.33. The number of rotatable bonds is 4. The smallest absolute Gasteiger partial charge is 0.194 e. The van der Waals surface area contributed by atoms with Crippen molar-refractivity contribution < 1.29 is 4.42 Å². The van der Waals surface area contributed by atoms with Crippen molar-refractivity contribution in [2.75, 3.05) is 5.88 Å². The highest BCUT2D eigenvalue weighted by molar-refractivity contribution is 7.28. The Labute approximate surface area is 112 Å². The minimum absolute atomic E-state index is 0.645. The van der Waals surface area contributed by atoms with Gasteiger partial charge in [-0.1, -0.05) is 0 Å².